The fourth-order valence-corrected chi connectivity index (χ4v) is 4.78. The number of nitrogens with zero attached hydrogens (tertiary/aromatic N) is 2. The molecule has 0 aliphatic carbocycles. The normalized spacial score (nSPS) is 11.8. The quantitative estimate of drug-likeness (QED) is 0.710. The van der Waals surface area contributed by atoms with Gasteiger partial charge >= 0.3 is 0 Å². The van der Waals surface area contributed by atoms with Crippen molar-refractivity contribution in [3.63, 3.8) is 0 Å². The van der Waals surface area contributed by atoms with Gasteiger partial charge in [0.15, 0.2) is 8.68 Å². The van der Waals surface area contributed by atoms with Crippen LogP contribution in [0.2, 0.25) is 0 Å². The van der Waals surface area contributed by atoms with Gasteiger partial charge < -0.3 is 10.6 Å². The summed E-state index contributed by atoms with van der Waals surface area (Å²) in [5.74, 6) is 0.714. The first kappa shape index (κ1) is 18.8. The molecule has 1 aromatic carbocycles. The molecule has 0 saturated carbocycles. The van der Waals surface area contributed by atoms with Crippen LogP contribution in [-0.4, -0.2) is 33.0 Å². The minimum atomic E-state index is -0.285. The number of amides is 2. The highest BCUT2D eigenvalue weighted by molar-refractivity contribution is 8.03. The number of anilines is 2. The van der Waals surface area contributed by atoms with Gasteiger partial charge in [-0.15, -0.1) is 10.2 Å². The van der Waals surface area contributed by atoms with Crippen molar-refractivity contribution < 1.29 is 9.59 Å². The van der Waals surface area contributed by atoms with Crippen LogP contribution in [0, 0.1) is 0 Å². The van der Waals surface area contributed by atoms with Crippen molar-refractivity contribution in [3.8, 4) is 0 Å². The topological polar surface area (TPSA) is 84.0 Å². The second-order valence-corrected chi connectivity index (χ2v) is 8.85. The van der Waals surface area contributed by atoms with E-state index >= 15 is 0 Å². The number of hydrogen-bond acceptors (Lipinski definition) is 7. The van der Waals surface area contributed by atoms with Crippen LogP contribution in [0.3, 0.4) is 0 Å². The highest BCUT2D eigenvalue weighted by Crippen LogP contribution is 2.31. The molecule has 1 atom stereocenters. The minimum absolute atomic E-state index is 0.104. The third kappa shape index (κ3) is 5.81. The summed E-state index contributed by atoms with van der Waals surface area (Å²) in [4.78, 5) is 23.2. The second kappa shape index (κ2) is 9.05. The number of benzene rings is 1. The monoisotopic (exact) mass is 382 g/mol. The zero-order valence-corrected chi connectivity index (χ0v) is 16.0. The molecule has 2 N–H and O–H groups in total. The molecule has 6 nitrogen and oxygen atoms in total. The van der Waals surface area contributed by atoms with Crippen molar-refractivity contribution in [3.05, 3.63) is 24.3 Å². The van der Waals surface area contributed by atoms with Gasteiger partial charge in [0.2, 0.25) is 11.8 Å². The van der Waals surface area contributed by atoms with Gasteiger partial charge in [-0.1, -0.05) is 41.8 Å². The number of carbonyl (C=O) groups is 2. The van der Waals surface area contributed by atoms with E-state index in [1.165, 1.54) is 30.0 Å². The van der Waals surface area contributed by atoms with Crippen LogP contribution in [0.15, 0.2) is 32.9 Å². The molecule has 0 unspecified atom stereocenters. The molecule has 128 valence electrons. The fourth-order valence-electron chi connectivity index (χ4n) is 1.72. The molecule has 1 aromatic heterocycles. The first-order valence-electron chi connectivity index (χ1n) is 7.29. The Morgan fingerprint density at radius 3 is 2.29 bits per heavy atom. The lowest BCUT2D eigenvalue weighted by Crippen LogP contribution is -2.22. The molecule has 0 bridgehead atoms. The molecular weight excluding hydrogens is 364 g/mol. The Bertz CT molecular complexity index is 703. The molecule has 0 saturated heterocycles. The van der Waals surface area contributed by atoms with Crippen molar-refractivity contribution in [1.29, 1.82) is 0 Å². The van der Waals surface area contributed by atoms with Gasteiger partial charge in [0, 0.05) is 18.3 Å². The summed E-state index contributed by atoms with van der Waals surface area (Å²) in [5, 5.41) is 13.4. The average Bonchev–Trinajstić information content (AvgIpc) is 2.96. The first-order valence-corrected chi connectivity index (χ1v) is 9.97. The standard InChI is InChI=1S/C15H18N4O2S3/c1-4-22-14-18-19-15(24-14)23-9(2)13(21)17-12-7-5-11(6-8-12)16-10(3)20/h5-9H,4H2,1-3H3,(H,16,20)(H,17,21)/t9-/m0/s1. The summed E-state index contributed by atoms with van der Waals surface area (Å²) in [5.41, 5.74) is 1.37. The summed E-state index contributed by atoms with van der Waals surface area (Å²) in [6, 6.07) is 6.99. The van der Waals surface area contributed by atoms with Crippen LogP contribution >= 0.6 is 34.9 Å². The Morgan fingerprint density at radius 1 is 1.12 bits per heavy atom. The summed E-state index contributed by atoms with van der Waals surface area (Å²) < 4.78 is 1.70. The largest absolute Gasteiger partial charge is 0.326 e. The van der Waals surface area contributed by atoms with Crippen molar-refractivity contribution in [2.45, 2.75) is 34.7 Å². The fraction of sp³-hybridized carbons (Fsp3) is 0.333. The molecule has 0 aliphatic heterocycles. The molecule has 0 fully saturated rings. The molecule has 0 aliphatic rings. The summed E-state index contributed by atoms with van der Waals surface area (Å²) in [7, 11) is 0. The maximum Gasteiger partial charge on any atom is 0.237 e. The van der Waals surface area contributed by atoms with Gasteiger partial charge in [-0.25, -0.2) is 0 Å². The first-order chi connectivity index (χ1) is 11.5. The number of thioether (sulfide) groups is 2. The average molecular weight is 383 g/mol. The van der Waals surface area contributed by atoms with E-state index in [0.29, 0.717) is 11.4 Å². The van der Waals surface area contributed by atoms with Crippen molar-refractivity contribution in [2.24, 2.45) is 0 Å². The molecule has 0 spiro atoms. The van der Waals surface area contributed by atoms with E-state index in [1.807, 2.05) is 6.92 Å². The van der Waals surface area contributed by atoms with Crippen molar-refractivity contribution >= 4 is 58.0 Å². The highest BCUT2D eigenvalue weighted by Gasteiger charge is 2.17. The van der Waals surface area contributed by atoms with E-state index in [4.69, 9.17) is 0 Å². The highest BCUT2D eigenvalue weighted by atomic mass is 32.2. The van der Waals surface area contributed by atoms with E-state index in [9.17, 15) is 9.59 Å². The van der Waals surface area contributed by atoms with Crippen LogP contribution < -0.4 is 10.6 Å². The molecule has 0 radical (unpaired) electrons. The zero-order chi connectivity index (χ0) is 17.5. The Morgan fingerprint density at radius 2 is 1.71 bits per heavy atom. The van der Waals surface area contributed by atoms with Gasteiger partial charge in [-0.2, -0.15) is 0 Å². The van der Waals surface area contributed by atoms with Crippen LogP contribution in [0.4, 0.5) is 11.4 Å². The van der Waals surface area contributed by atoms with Crippen LogP contribution in [-0.2, 0) is 9.59 Å². The van der Waals surface area contributed by atoms with Gasteiger partial charge in [0.05, 0.1) is 5.25 Å². The van der Waals surface area contributed by atoms with E-state index in [-0.39, 0.29) is 17.1 Å². The van der Waals surface area contributed by atoms with Gasteiger partial charge in [0.1, 0.15) is 0 Å². The van der Waals surface area contributed by atoms with Crippen LogP contribution in [0.1, 0.15) is 20.8 Å². The maximum absolute atomic E-state index is 12.3. The number of hydrogen-bond donors (Lipinski definition) is 2. The summed E-state index contributed by atoms with van der Waals surface area (Å²) >= 11 is 4.53. The second-order valence-electron chi connectivity index (χ2n) is 4.77. The number of aromatic nitrogens is 2. The molecular formula is C15H18N4O2S3. The summed E-state index contributed by atoms with van der Waals surface area (Å²) in [6.07, 6.45) is 0. The third-order valence-corrected chi connectivity index (χ3v) is 5.90. The Labute approximate surface area is 153 Å². The lowest BCUT2D eigenvalue weighted by molar-refractivity contribution is -0.115. The Balaban J connectivity index is 1.89. The lowest BCUT2D eigenvalue weighted by atomic mass is 10.2. The number of rotatable bonds is 7. The third-order valence-electron chi connectivity index (χ3n) is 2.78. The van der Waals surface area contributed by atoms with Crippen LogP contribution in [0.25, 0.3) is 0 Å². The summed E-state index contributed by atoms with van der Waals surface area (Å²) in [6.45, 7) is 5.35. The molecule has 2 aromatic rings. The van der Waals surface area contributed by atoms with Crippen molar-refractivity contribution in [2.75, 3.05) is 16.4 Å². The maximum atomic E-state index is 12.3. The lowest BCUT2D eigenvalue weighted by Gasteiger charge is -2.11. The van der Waals surface area contributed by atoms with E-state index < -0.39 is 0 Å². The molecule has 1 heterocycles. The van der Waals surface area contributed by atoms with E-state index in [0.717, 1.165) is 14.4 Å². The Kier molecular flexibility index (Phi) is 7.07. The van der Waals surface area contributed by atoms with E-state index in [2.05, 4.69) is 27.8 Å². The van der Waals surface area contributed by atoms with Crippen LogP contribution in [0.5, 0.6) is 0 Å². The smallest absolute Gasteiger partial charge is 0.237 e. The molecule has 24 heavy (non-hydrogen) atoms. The van der Waals surface area contributed by atoms with Gasteiger partial charge in [-0.05, 0) is 36.9 Å². The number of nitrogens with one attached hydrogen (secondary N) is 2. The molecule has 2 rings (SSSR count). The number of carbonyl (C=O) groups excluding carboxylic acids is 2. The SMILES string of the molecule is CCSc1nnc(S[C@@H](C)C(=O)Nc2ccc(NC(C)=O)cc2)s1. The Hall–Kier alpha value is -1.58. The predicted molar refractivity (Wildman–Crippen MR) is 101 cm³/mol. The molecule has 9 heteroatoms. The van der Waals surface area contributed by atoms with Gasteiger partial charge in [-0.3, -0.25) is 9.59 Å². The molecule has 2 amide bonds. The van der Waals surface area contributed by atoms with Crippen molar-refractivity contribution in [1.82, 2.24) is 10.2 Å². The zero-order valence-electron chi connectivity index (χ0n) is 13.5. The predicted octanol–water partition coefficient (Wildman–Crippen LogP) is 3.73. The minimum Gasteiger partial charge on any atom is -0.326 e. The van der Waals surface area contributed by atoms with E-state index in [1.54, 1.807) is 36.0 Å². The van der Waals surface area contributed by atoms with Gasteiger partial charge in [0.25, 0.3) is 0 Å².